The second-order valence-corrected chi connectivity index (χ2v) is 10.5. The molecule has 0 fully saturated rings. The van der Waals surface area contributed by atoms with E-state index in [1.807, 2.05) is 53.9 Å². The van der Waals surface area contributed by atoms with Gasteiger partial charge in [-0.25, -0.2) is 0 Å². The van der Waals surface area contributed by atoms with Gasteiger partial charge in [-0.3, -0.25) is 9.36 Å². The predicted molar refractivity (Wildman–Crippen MR) is 156 cm³/mol. The molecule has 0 aliphatic carbocycles. The van der Waals surface area contributed by atoms with Crippen LogP contribution >= 0.6 is 35.0 Å². The third-order valence-electron chi connectivity index (χ3n) is 5.99. The van der Waals surface area contributed by atoms with Crippen LogP contribution in [0.25, 0.3) is 17.1 Å². The molecule has 0 bridgehead atoms. The Morgan fingerprint density at radius 1 is 0.973 bits per heavy atom. The molecule has 37 heavy (non-hydrogen) atoms. The van der Waals surface area contributed by atoms with Gasteiger partial charge in [0.05, 0.1) is 16.5 Å². The first-order chi connectivity index (χ1) is 17.8. The average molecular weight is 555 g/mol. The van der Waals surface area contributed by atoms with E-state index in [2.05, 4.69) is 47.6 Å². The Morgan fingerprint density at radius 2 is 1.65 bits per heavy atom. The Balaban J connectivity index is 1.68. The van der Waals surface area contributed by atoms with E-state index in [0.717, 1.165) is 46.6 Å². The highest BCUT2D eigenvalue weighted by Gasteiger charge is 2.22. The highest BCUT2D eigenvalue weighted by molar-refractivity contribution is 7.99. The van der Waals surface area contributed by atoms with Gasteiger partial charge in [-0.05, 0) is 66.4 Å². The van der Waals surface area contributed by atoms with Crippen LogP contribution in [0.4, 0.5) is 11.4 Å². The van der Waals surface area contributed by atoms with E-state index >= 15 is 0 Å². The van der Waals surface area contributed by atoms with Gasteiger partial charge in [-0.1, -0.05) is 67.0 Å². The number of aromatic nitrogens is 3. The van der Waals surface area contributed by atoms with Crippen LogP contribution in [0.1, 0.15) is 25.0 Å². The largest absolute Gasteiger partial charge is 0.378 e. The Labute approximate surface area is 232 Å². The first-order valence-corrected chi connectivity index (χ1v) is 13.8. The summed E-state index contributed by atoms with van der Waals surface area (Å²) < 4.78 is 2.02. The first-order valence-electron chi connectivity index (χ1n) is 12.0. The highest BCUT2D eigenvalue weighted by Crippen LogP contribution is 2.36. The molecule has 0 aliphatic rings. The standard InChI is InChI=1S/C28H29Cl2N5OS/c1-5-18-8-7-9-19(6-2)26(18)35-27(23-15-10-20(29)16-24(23)30)32-33-28(35)37-17-25(36)31-21-11-13-22(14-12-21)34(3)4/h7-16H,5-6,17H2,1-4H3,(H,31,36). The molecule has 1 amide bonds. The van der Waals surface area contributed by atoms with E-state index < -0.39 is 0 Å². The van der Waals surface area contributed by atoms with Crippen molar-refractivity contribution in [3.8, 4) is 17.1 Å². The molecule has 1 aromatic heterocycles. The third kappa shape index (κ3) is 6.12. The van der Waals surface area contributed by atoms with Gasteiger partial charge < -0.3 is 10.2 Å². The summed E-state index contributed by atoms with van der Waals surface area (Å²) in [6.07, 6.45) is 1.67. The fourth-order valence-electron chi connectivity index (χ4n) is 4.08. The zero-order valence-electron chi connectivity index (χ0n) is 21.3. The molecule has 0 atom stereocenters. The van der Waals surface area contributed by atoms with Crippen LogP contribution in [0.2, 0.25) is 10.0 Å². The molecule has 3 aromatic carbocycles. The fourth-order valence-corrected chi connectivity index (χ4v) is 5.31. The SMILES string of the molecule is CCc1cccc(CC)c1-n1c(SCC(=O)Nc2ccc(N(C)C)cc2)nnc1-c1ccc(Cl)cc1Cl. The van der Waals surface area contributed by atoms with Gasteiger partial charge in [0.15, 0.2) is 11.0 Å². The van der Waals surface area contributed by atoms with Crippen LogP contribution in [0.3, 0.4) is 0 Å². The number of thioether (sulfide) groups is 1. The van der Waals surface area contributed by atoms with Crippen LogP contribution in [0.5, 0.6) is 0 Å². The molecule has 1 N–H and O–H groups in total. The van der Waals surface area contributed by atoms with Gasteiger partial charge in [-0.15, -0.1) is 10.2 Å². The lowest BCUT2D eigenvalue weighted by Gasteiger charge is -2.18. The highest BCUT2D eigenvalue weighted by atomic mass is 35.5. The maximum atomic E-state index is 12.8. The minimum Gasteiger partial charge on any atom is -0.378 e. The first kappa shape index (κ1) is 27.0. The lowest BCUT2D eigenvalue weighted by Crippen LogP contribution is -2.15. The lowest BCUT2D eigenvalue weighted by molar-refractivity contribution is -0.113. The third-order valence-corrected chi connectivity index (χ3v) is 7.47. The van der Waals surface area contributed by atoms with E-state index in [4.69, 9.17) is 23.2 Å². The molecule has 0 saturated carbocycles. The molecule has 1 heterocycles. The van der Waals surface area contributed by atoms with E-state index in [0.29, 0.717) is 21.0 Å². The van der Waals surface area contributed by atoms with Crippen LogP contribution in [-0.2, 0) is 17.6 Å². The molecular formula is C28H29Cl2N5OS. The number of halogens is 2. The van der Waals surface area contributed by atoms with Gasteiger partial charge in [0, 0.05) is 36.1 Å². The van der Waals surface area contributed by atoms with Gasteiger partial charge in [0.25, 0.3) is 0 Å². The average Bonchev–Trinajstić information content (AvgIpc) is 3.30. The molecular weight excluding hydrogens is 525 g/mol. The second kappa shape index (κ2) is 12.0. The molecule has 0 aliphatic heterocycles. The number of hydrogen-bond acceptors (Lipinski definition) is 5. The Kier molecular flexibility index (Phi) is 8.79. The maximum absolute atomic E-state index is 12.8. The minimum atomic E-state index is -0.122. The molecule has 192 valence electrons. The number of anilines is 2. The summed E-state index contributed by atoms with van der Waals surface area (Å²) in [5.74, 6) is 0.666. The summed E-state index contributed by atoms with van der Waals surface area (Å²) in [4.78, 5) is 14.8. The van der Waals surface area contributed by atoms with Crippen LogP contribution in [0.15, 0.2) is 65.8 Å². The minimum absolute atomic E-state index is 0.122. The molecule has 6 nitrogen and oxygen atoms in total. The molecule has 4 rings (SSSR count). The monoisotopic (exact) mass is 553 g/mol. The summed E-state index contributed by atoms with van der Waals surface area (Å²) in [7, 11) is 3.96. The summed E-state index contributed by atoms with van der Waals surface area (Å²) in [6.45, 7) is 4.25. The number of amides is 1. The summed E-state index contributed by atoms with van der Waals surface area (Å²) >= 11 is 14.1. The van der Waals surface area contributed by atoms with Crippen molar-refractivity contribution in [2.75, 3.05) is 30.1 Å². The smallest absolute Gasteiger partial charge is 0.234 e. The lowest BCUT2D eigenvalue weighted by atomic mass is 10.0. The number of nitrogens with one attached hydrogen (secondary N) is 1. The van der Waals surface area contributed by atoms with E-state index in [-0.39, 0.29) is 11.7 Å². The van der Waals surface area contributed by atoms with E-state index in [1.165, 1.54) is 11.8 Å². The van der Waals surface area contributed by atoms with Crippen LogP contribution < -0.4 is 10.2 Å². The summed E-state index contributed by atoms with van der Waals surface area (Å²) in [6, 6.07) is 19.4. The van der Waals surface area contributed by atoms with Crippen molar-refractivity contribution in [3.05, 3.63) is 81.8 Å². The van der Waals surface area contributed by atoms with E-state index in [9.17, 15) is 4.79 Å². The molecule has 9 heteroatoms. The number of carbonyl (C=O) groups is 1. The number of benzene rings is 3. The van der Waals surface area contributed by atoms with Crippen molar-refractivity contribution >= 4 is 52.2 Å². The van der Waals surface area contributed by atoms with Crippen molar-refractivity contribution in [2.24, 2.45) is 0 Å². The molecule has 0 radical (unpaired) electrons. The van der Waals surface area contributed by atoms with Crippen molar-refractivity contribution in [1.29, 1.82) is 0 Å². The Morgan fingerprint density at radius 3 is 2.24 bits per heavy atom. The molecule has 0 spiro atoms. The summed E-state index contributed by atoms with van der Waals surface area (Å²) in [5.41, 5.74) is 5.89. The number of rotatable bonds is 9. The maximum Gasteiger partial charge on any atom is 0.234 e. The predicted octanol–water partition coefficient (Wildman–Crippen LogP) is 7.16. The van der Waals surface area contributed by atoms with Crippen molar-refractivity contribution in [1.82, 2.24) is 14.8 Å². The van der Waals surface area contributed by atoms with Gasteiger partial charge in [0.2, 0.25) is 5.91 Å². The van der Waals surface area contributed by atoms with Crippen LogP contribution in [-0.4, -0.2) is 40.5 Å². The Bertz CT molecular complexity index is 1380. The zero-order chi connectivity index (χ0) is 26.5. The van der Waals surface area contributed by atoms with Crippen molar-refractivity contribution in [3.63, 3.8) is 0 Å². The van der Waals surface area contributed by atoms with Gasteiger partial charge >= 0.3 is 0 Å². The van der Waals surface area contributed by atoms with Crippen LogP contribution in [0, 0.1) is 0 Å². The normalized spacial score (nSPS) is 11.0. The molecule has 4 aromatic rings. The van der Waals surface area contributed by atoms with Crippen molar-refractivity contribution in [2.45, 2.75) is 31.8 Å². The number of nitrogens with zero attached hydrogens (tertiary/aromatic N) is 4. The van der Waals surface area contributed by atoms with E-state index in [1.54, 1.807) is 12.1 Å². The number of aryl methyl sites for hydroxylation is 2. The number of carbonyl (C=O) groups excluding carboxylic acids is 1. The zero-order valence-corrected chi connectivity index (χ0v) is 23.6. The van der Waals surface area contributed by atoms with Gasteiger partial charge in [0.1, 0.15) is 0 Å². The Hall–Kier alpha value is -3.00. The van der Waals surface area contributed by atoms with Crippen molar-refractivity contribution < 1.29 is 4.79 Å². The number of para-hydroxylation sites is 1. The topological polar surface area (TPSA) is 63.1 Å². The second-order valence-electron chi connectivity index (χ2n) is 8.68. The fraction of sp³-hybridized carbons (Fsp3) is 0.250. The van der Waals surface area contributed by atoms with Gasteiger partial charge in [-0.2, -0.15) is 0 Å². The number of hydrogen-bond donors (Lipinski definition) is 1. The molecule has 0 unspecified atom stereocenters. The molecule has 0 saturated heterocycles. The summed E-state index contributed by atoms with van der Waals surface area (Å²) in [5, 5.41) is 13.6. The quantitative estimate of drug-likeness (QED) is 0.223.